The van der Waals surface area contributed by atoms with Gasteiger partial charge in [0.05, 0.1) is 0 Å². The van der Waals surface area contributed by atoms with Gasteiger partial charge in [0.1, 0.15) is 11.5 Å². The Labute approximate surface area is 283 Å². The van der Waals surface area contributed by atoms with Crippen LogP contribution in [0.2, 0.25) is 0 Å². The molecule has 1 aliphatic heterocycles. The molecule has 0 fully saturated rings. The molecule has 1 aliphatic rings. The zero-order valence-electron chi connectivity index (χ0n) is 26.6. The first-order valence-corrected chi connectivity index (χ1v) is 16.9. The van der Waals surface area contributed by atoms with E-state index in [0.717, 1.165) is 17.1 Å². The summed E-state index contributed by atoms with van der Waals surface area (Å²) in [5.74, 6) is 1.82. The normalized spacial score (nSPS) is 12.2. The highest BCUT2D eigenvalue weighted by molar-refractivity contribution is 6.24. The van der Waals surface area contributed by atoms with Gasteiger partial charge in [0.15, 0.2) is 0 Å². The van der Waals surface area contributed by atoms with Crippen molar-refractivity contribution in [3.8, 4) is 44.9 Å². The summed E-state index contributed by atoms with van der Waals surface area (Å²) in [6.07, 6.45) is 0. The van der Waals surface area contributed by atoms with E-state index in [2.05, 4.69) is 170 Å². The van der Waals surface area contributed by atoms with Crippen LogP contribution in [0.25, 0.3) is 98.0 Å². The van der Waals surface area contributed by atoms with Crippen molar-refractivity contribution in [3.63, 3.8) is 0 Å². The molecule has 0 bridgehead atoms. The zero-order valence-corrected chi connectivity index (χ0v) is 26.6. The van der Waals surface area contributed by atoms with E-state index in [0.29, 0.717) is 0 Å². The zero-order chi connectivity index (χ0) is 32.1. The van der Waals surface area contributed by atoms with Crippen LogP contribution in [-0.2, 0) is 0 Å². The molecular weight excluding hydrogens is 593 g/mol. The maximum Gasteiger partial charge on any atom is 0.136 e. The molecule has 0 radical (unpaired) electrons. The van der Waals surface area contributed by atoms with Gasteiger partial charge in [-0.3, -0.25) is 0 Å². The minimum atomic E-state index is 0.898. The molecule has 0 aliphatic carbocycles. The lowest BCUT2D eigenvalue weighted by Gasteiger charge is -2.23. The van der Waals surface area contributed by atoms with Crippen LogP contribution in [0.4, 0.5) is 0 Å². The van der Waals surface area contributed by atoms with E-state index >= 15 is 0 Å². The molecule has 0 saturated heterocycles. The number of hydrogen-bond acceptors (Lipinski definition) is 1. The van der Waals surface area contributed by atoms with Gasteiger partial charge in [-0.25, -0.2) is 0 Å². The van der Waals surface area contributed by atoms with Crippen molar-refractivity contribution in [3.05, 3.63) is 170 Å². The van der Waals surface area contributed by atoms with E-state index in [9.17, 15) is 0 Å². The molecule has 10 aromatic rings. The quantitative estimate of drug-likeness (QED) is 0.138. The van der Waals surface area contributed by atoms with E-state index in [4.69, 9.17) is 4.74 Å². The second-order valence-electron chi connectivity index (χ2n) is 13.2. The smallest absolute Gasteiger partial charge is 0.136 e. The second-order valence-corrected chi connectivity index (χ2v) is 13.2. The molecule has 0 N–H and O–H groups in total. The lowest BCUT2D eigenvalue weighted by Crippen LogP contribution is -1.98. The molecule has 1 nitrogen and oxygen atoms in total. The summed E-state index contributed by atoms with van der Waals surface area (Å²) in [5.41, 5.74) is 7.28. The monoisotopic (exact) mass is 620 g/mol. The number of benzene rings is 10. The molecule has 1 heteroatoms. The molecule has 226 valence electrons. The predicted molar refractivity (Wildman–Crippen MR) is 208 cm³/mol. The fourth-order valence-corrected chi connectivity index (χ4v) is 8.35. The van der Waals surface area contributed by atoms with Gasteiger partial charge in [0.25, 0.3) is 0 Å². The summed E-state index contributed by atoms with van der Waals surface area (Å²) in [5, 5.41) is 15.0. The van der Waals surface area contributed by atoms with Crippen LogP contribution in [-0.4, -0.2) is 0 Å². The van der Waals surface area contributed by atoms with Crippen molar-refractivity contribution < 1.29 is 4.74 Å². The van der Waals surface area contributed by atoms with Crippen molar-refractivity contribution >= 4 is 64.6 Å². The molecule has 0 saturated carbocycles. The van der Waals surface area contributed by atoms with Crippen molar-refractivity contribution in [1.29, 1.82) is 0 Å². The van der Waals surface area contributed by atoms with Crippen LogP contribution in [0.15, 0.2) is 170 Å². The van der Waals surface area contributed by atoms with Crippen molar-refractivity contribution in [1.82, 2.24) is 0 Å². The van der Waals surface area contributed by atoms with Gasteiger partial charge in [0.2, 0.25) is 0 Å². The molecule has 0 unspecified atom stereocenters. The Balaban J connectivity index is 1.17. The molecule has 0 aromatic heterocycles. The highest BCUT2D eigenvalue weighted by Crippen LogP contribution is 2.50. The Hall–Kier alpha value is -6.44. The lowest BCUT2D eigenvalue weighted by atomic mass is 9.86. The van der Waals surface area contributed by atoms with Crippen LogP contribution in [0.1, 0.15) is 0 Å². The largest absolute Gasteiger partial charge is 0.456 e. The number of ether oxygens (including phenoxy) is 1. The average molecular weight is 621 g/mol. The molecule has 10 aromatic carbocycles. The van der Waals surface area contributed by atoms with Gasteiger partial charge in [0, 0.05) is 10.9 Å². The van der Waals surface area contributed by atoms with E-state index in [1.54, 1.807) is 0 Å². The van der Waals surface area contributed by atoms with Crippen LogP contribution < -0.4 is 4.74 Å². The van der Waals surface area contributed by atoms with Crippen LogP contribution in [0.3, 0.4) is 0 Å². The first-order chi connectivity index (χ1) is 24.3. The van der Waals surface area contributed by atoms with Crippen LogP contribution >= 0.6 is 0 Å². The van der Waals surface area contributed by atoms with Gasteiger partial charge in [-0.05, 0) is 117 Å². The van der Waals surface area contributed by atoms with Crippen molar-refractivity contribution in [2.75, 3.05) is 0 Å². The number of hydrogen-bond donors (Lipinski definition) is 0. The fraction of sp³-hybridized carbons (Fsp3) is 0. The number of rotatable bonds is 2. The van der Waals surface area contributed by atoms with Crippen molar-refractivity contribution in [2.24, 2.45) is 0 Å². The second kappa shape index (κ2) is 10.0. The third-order valence-corrected chi connectivity index (χ3v) is 10.6. The summed E-state index contributed by atoms with van der Waals surface area (Å²) in [7, 11) is 0. The third kappa shape index (κ3) is 3.87. The van der Waals surface area contributed by atoms with E-state index in [1.165, 1.54) is 92.5 Å². The summed E-state index contributed by atoms with van der Waals surface area (Å²) >= 11 is 0. The summed E-state index contributed by atoms with van der Waals surface area (Å²) in [4.78, 5) is 0. The van der Waals surface area contributed by atoms with E-state index < -0.39 is 0 Å². The third-order valence-electron chi connectivity index (χ3n) is 10.6. The van der Waals surface area contributed by atoms with E-state index in [1.807, 2.05) is 0 Å². The summed E-state index contributed by atoms with van der Waals surface area (Å²) in [6, 6.07) is 62.2. The topological polar surface area (TPSA) is 9.23 Å². The van der Waals surface area contributed by atoms with E-state index in [-0.39, 0.29) is 0 Å². The summed E-state index contributed by atoms with van der Waals surface area (Å²) < 4.78 is 6.62. The SMILES string of the molecule is c1ccc2c(-c3c4ccccc4cc4ccc5ccc(-c6ccc7c(c6)-c6cccc8c6c(cc6ccccc68)O7)cc5c34)cccc2c1. The Kier molecular flexibility index (Phi) is 5.45. The lowest BCUT2D eigenvalue weighted by molar-refractivity contribution is 0.488. The van der Waals surface area contributed by atoms with Gasteiger partial charge < -0.3 is 4.74 Å². The molecule has 11 rings (SSSR count). The van der Waals surface area contributed by atoms with Gasteiger partial charge in [-0.2, -0.15) is 0 Å². The molecule has 1 heterocycles. The number of fused-ring (bicyclic) bond motifs is 9. The maximum atomic E-state index is 6.62. The van der Waals surface area contributed by atoms with Crippen molar-refractivity contribution in [2.45, 2.75) is 0 Å². The molecule has 0 spiro atoms. The van der Waals surface area contributed by atoms with Gasteiger partial charge in [-0.1, -0.05) is 140 Å². The Morgan fingerprint density at radius 1 is 0.286 bits per heavy atom. The Morgan fingerprint density at radius 2 is 0.898 bits per heavy atom. The maximum absolute atomic E-state index is 6.62. The summed E-state index contributed by atoms with van der Waals surface area (Å²) in [6.45, 7) is 0. The first kappa shape index (κ1) is 26.6. The minimum Gasteiger partial charge on any atom is -0.456 e. The van der Waals surface area contributed by atoms with Crippen LogP contribution in [0.5, 0.6) is 11.5 Å². The first-order valence-electron chi connectivity index (χ1n) is 16.9. The standard InChI is InChI=1S/C48H28O/c1-4-13-36-29(9-1)12-7-16-40(36)48-38-15-6-3-10-33(38)25-35-22-20-30-19-21-31(26-42(30)46(35)48)32-23-24-44-43(27-32)41-18-8-17-39-37-14-5-2-11-34(37)28-45(49-44)47(39)41/h1-28H. The van der Waals surface area contributed by atoms with Gasteiger partial charge in [-0.15, -0.1) is 0 Å². The molecule has 0 atom stereocenters. The Morgan fingerprint density at radius 3 is 1.80 bits per heavy atom. The molecular formula is C48H28O. The van der Waals surface area contributed by atoms with Gasteiger partial charge >= 0.3 is 0 Å². The minimum absolute atomic E-state index is 0.898. The predicted octanol–water partition coefficient (Wildman–Crippen LogP) is 13.7. The molecule has 0 amide bonds. The average Bonchev–Trinajstić information content (AvgIpc) is 3.16. The highest BCUT2D eigenvalue weighted by Gasteiger charge is 2.22. The highest BCUT2D eigenvalue weighted by atomic mass is 16.5. The van der Waals surface area contributed by atoms with Crippen LogP contribution in [0, 0.1) is 0 Å². The Bertz CT molecular complexity index is 3020. The molecule has 49 heavy (non-hydrogen) atoms. The fourth-order valence-electron chi connectivity index (χ4n) is 8.35.